The second kappa shape index (κ2) is 5.67. The molecule has 100 valence electrons. The lowest BCUT2D eigenvalue weighted by atomic mass is 9.80. The van der Waals surface area contributed by atoms with E-state index in [9.17, 15) is 9.50 Å². The first kappa shape index (κ1) is 13.3. The first-order chi connectivity index (χ1) is 8.69. The van der Waals surface area contributed by atoms with Crippen LogP contribution in [-0.2, 0) is 4.74 Å². The van der Waals surface area contributed by atoms with Gasteiger partial charge in [-0.25, -0.2) is 4.39 Å². The molecule has 18 heavy (non-hydrogen) atoms. The minimum absolute atomic E-state index is 0.0117. The van der Waals surface area contributed by atoms with Crippen LogP contribution in [0.1, 0.15) is 25.7 Å². The molecule has 0 aliphatic heterocycles. The van der Waals surface area contributed by atoms with Gasteiger partial charge in [0.1, 0.15) is 5.82 Å². The second-order valence-corrected chi connectivity index (χ2v) is 4.98. The fourth-order valence-corrected chi connectivity index (χ4v) is 2.55. The molecule has 0 aromatic heterocycles. The highest BCUT2D eigenvalue weighted by Crippen LogP contribution is 2.33. The van der Waals surface area contributed by atoms with Gasteiger partial charge in [0.25, 0.3) is 0 Å². The van der Waals surface area contributed by atoms with E-state index in [4.69, 9.17) is 4.74 Å². The molecule has 0 amide bonds. The average Bonchev–Trinajstić information content (AvgIpc) is 2.42. The highest BCUT2D eigenvalue weighted by molar-refractivity contribution is 5.47. The third-order valence-electron chi connectivity index (χ3n) is 3.80. The van der Waals surface area contributed by atoms with E-state index in [0.29, 0.717) is 5.69 Å². The number of ether oxygens (including phenoxy) is 1. The molecule has 0 spiro atoms. The van der Waals surface area contributed by atoms with Gasteiger partial charge in [0, 0.05) is 7.11 Å². The Bertz CT molecular complexity index is 389. The molecule has 0 atom stereocenters. The van der Waals surface area contributed by atoms with Gasteiger partial charge in [-0.1, -0.05) is 12.1 Å². The Hall–Kier alpha value is -1.13. The number of hydrogen-bond acceptors (Lipinski definition) is 3. The number of halogens is 1. The Morgan fingerprint density at radius 2 is 2.06 bits per heavy atom. The van der Waals surface area contributed by atoms with Gasteiger partial charge < -0.3 is 15.2 Å². The molecular weight excluding hydrogens is 233 g/mol. The van der Waals surface area contributed by atoms with Gasteiger partial charge >= 0.3 is 0 Å². The van der Waals surface area contributed by atoms with E-state index in [0.717, 1.165) is 25.7 Å². The summed E-state index contributed by atoms with van der Waals surface area (Å²) >= 11 is 0. The van der Waals surface area contributed by atoms with Crippen LogP contribution >= 0.6 is 0 Å². The van der Waals surface area contributed by atoms with E-state index >= 15 is 0 Å². The van der Waals surface area contributed by atoms with Gasteiger partial charge in [-0.15, -0.1) is 0 Å². The van der Waals surface area contributed by atoms with Crippen LogP contribution in [0.25, 0.3) is 0 Å². The molecule has 4 heteroatoms. The molecule has 2 rings (SSSR count). The highest BCUT2D eigenvalue weighted by Gasteiger charge is 2.35. The zero-order chi connectivity index (χ0) is 13.0. The molecule has 2 N–H and O–H groups in total. The average molecular weight is 253 g/mol. The standard InChI is InChI=1S/C14H20FNO2/c1-18-11-6-8-14(10-17,9-7-11)16-13-5-3-2-4-12(13)15/h2-5,11,16-17H,6-10H2,1H3. The lowest BCUT2D eigenvalue weighted by molar-refractivity contribution is 0.0410. The molecule has 0 saturated heterocycles. The number of nitrogens with one attached hydrogen (secondary N) is 1. The summed E-state index contributed by atoms with van der Waals surface area (Å²) in [5.74, 6) is -0.279. The van der Waals surface area contributed by atoms with Gasteiger partial charge in [0.2, 0.25) is 0 Å². The topological polar surface area (TPSA) is 41.5 Å². The smallest absolute Gasteiger partial charge is 0.146 e. The lowest BCUT2D eigenvalue weighted by Gasteiger charge is -2.40. The molecule has 0 bridgehead atoms. The van der Waals surface area contributed by atoms with Crippen molar-refractivity contribution in [3.05, 3.63) is 30.1 Å². The molecule has 0 unspecified atom stereocenters. The molecule has 1 saturated carbocycles. The molecule has 1 aromatic carbocycles. The molecule has 0 radical (unpaired) electrons. The number of methoxy groups -OCH3 is 1. The highest BCUT2D eigenvalue weighted by atomic mass is 19.1. The Balaban J connectivity index is 2.08. The van der Waals surface area contributed by atoms with Crippen molar-refractivity contribution < 1.29 is 14.2 Å². The molecule has 1 fully saturated rings. The van der Waals surface area contributed by atoms with Gasteiger partial charge in [-0.2, -0.15) is 0 Å². The van der Waals surface area contributed by atoms with Gasteiger partial charge in [-0.3, -0.25) is 0 Å². The van der Waals surface area contributed by atoms with Crippen LogP contribution in [0.5, 0.6) is 0 Å². The SMILES string of the molecule is COC1CCC(CO)(Nc2ccccc2F)CC1. The monoisotopic (exact) mass is 253 g/mol. The zero-order valence-electron chi connectivity index (χ0n) is 10.7. The maximum atomic E-state index is 13.6. The number of anilines is 1. The number of para-hydroxylation sites is 1. The molecule has 1 aliphatic rings. The van der Waals surface area contributed by atoms with Crippen LogP contribution in [-0.4, -0.2) is 30.5 Å². The van der Waals surface area contributed by atoms with Crippen molar-refractivity contribution in [1.29, 1.82) is 0 Å². The van der Waals surface area contributed by atoms with Crippen molar-refractivity contribution in [3.63, 3.8) is 0 Å². The summed E-state index contributed by atoms with van der Waals surface area (Å²) < 4.78 is 18.9. The van der Waals surface area contributed by atoms with Crippen LogP contribution in [0.4, 0.5) is 10.1 Å². The Kier molecular flexibility index (Phi) is 4.19. The minimum Gasteiger partial charge on any atom is -0.394 e. The normalized spacial score (nSPS) is 28.1. The predicted molar refractivity (Wildman–Crippen MR) is 69.1 cm³/mol. The fourth-order valence-electron chi connectivity index (χ4n) is 2.55. The third-order valence-corrected chi connectivity index (χ3v) is 3.80. The first-order valence-corrected chi connectivity index (χ1v) is 6.35. The number of benzene rings is 1. The van der Waals surface area contributed by atoms with Crippen LogP contribution in [0.3, 0.4) is 0 Å². The Morgan fingerprint density at radius 1 is 1.39 bits per heavy atom. The summed E-state index contributed by atoms with van der Waals surface area (Å²) in [6.45, 7) is 0.0117. The van der Waals surface area contributed by atoms with Gasteiger partial charge in [-0.05, 0) is 37.8 Å². The van der Waals surface area contributed by atoms with E-state index in [1.807, 2.05) is 0 Å². The molecular formula is C14H20FNO2. The summed E-state index contributed by atoms with van der Waals surface area (Å²) in [6.07, 6.45) is 3.61. The number of aliphatic hydroxyl groups is 1. The number of aliphatic hydroxyl groups excluding tert-OH is 1. The van der Waals surface area contributed by atoms with Crippen molar-refractivity contribution in [1.82, 2.24) is 0 Å². The summed E-state index contributed by atoms with van der Waals surface area (Å²) in [4.78, 5) is 0. The quantitative estimate of drug-likeness (QED) is 0.866. The fraction of sp³-hybridized carbons (Fsp3) is 0.571. The van der Waals surface area contributed by atoms with Crippen LogP contribution in [0, 0.1) is 5.82 Å². The molecule has 0 heterocycles. The Labute approximate surface area is 107 Å². The Morgan fingerprint density at radius 3 is 2.61 bits per heavy atom. The van der Waals surface area contributed by atoms with Crippen molar-refractivity contribution in [3.8, 4) is 0 Å². The summed E-state index contributed by atoms with van der Waals surface area (Å²) in [5.41, 5.74) is 0.0411. The minimum atomic E-state index is -0.419. The summed E-state index contributed by atoms with van der Waals surface area (Å²) in [6, 6.07) is 6.58. The zero-order valence-corrected chi connectivity index (χ0v) is 10.7. The van der Waals surface area contributed by atoms with Crippen LogP contribution < -0.4 is 5.32 Å². The lowest BCUT2D eigenvalue weighted by Crippen LogP contribution is -2.46. The van der Waals surface area contributed by atoms with E-state index in [2.05, 4.69) is 5.32 Å². The molecule has 3 nitrogen and oxygen atoms in total. The van der Waals surface area contributed by atoms with Crippen LogP contribution in [0.2, 0.25) is 0 Å². The summed E-state index contributed by atoms with van der Waals surface area (Å²) in [5, 5.41) is 12.8. The number of hydrogen-bond donors (Lipinski definition) is 2. The van der Waals surface area contributed by atoms with Crippen LogP contribution in [0.15, 0.2) is 24.3 Å². The third kappa shape index (κ3) is 2.82. The van der Waals surface area contributed by atoms with Crippen molar-refractivity contribution in [2.45, 2.75) is 37.3 Å². The van der Waals surface area contributed by atoms with E-state index in [-0.39, 0.29) is 18.5 Å². The molecule has 1 aliphatic carbocycles. The van der Waals surface area contributed by atoms with Crippen molar-refractivity contribution in [2.24, 2.45) is 0 Å². The van der Waals surface area contributed by atoms with Gasteiger partial charge in [0.15, 0.2) is 0 Å². The second-order valence-electron chi connectivity index (χ2n) is 4.98. The van der Waals surface area contributed by atoms with Crippen molar-refractivity contribution >= 4 is 5.69 Å². The summed E-state index contributed by atoms with van der Waals surface area (Å²) in [7, 11) is 1.71. The first-order valence-electron chi connectivity index (χ1n) is 6.35. The van der Waals surface area contributed by atoms with Gasteiger partial charge in [0.05, 0.1) is 23.9 Å². The molecule has 1 aromatic rings. The maximum Gasteiger partial charge on any atom is 0.146 e. The maximum absolute atomic E-state index is 13.6. The number of rotatable bonds is 4. The van der Waals surface area contributed by atoms with E-state index < -0.39 is 5.54 Å². The van der Waals surface area contributed by atoms with E-state index in [1.54, 1.807) is 25.3 Å². The predicted octanol–water partition coefficient (Wildman–Crippen LogP) is 2.56. The van der Waals surface area contributed by atoms with Crippen molar-refractivity contribution in [2.75, 3.05) is 19.0 Å². The largest absolute Gasteiger partial charge is 0.394 e. The van der Waals surface area contributed by atoms with E-state index in [1.165, 1.54) is 6.07 Å².